The number of ether oxygens (including phenoxy) is 5. The molecule has 0 aliphatic heterocycles. The minimum atomic E-state index is -4.79. The van der Waals surface area contributed by atoms with Crippen LogP contribution in [0.1, 0.15) is 40.0 Å². The van der Waals surface area contributed by atoms with E-state index in [4.69, 9.17) is 23.7 Å². The summed E-state index contributed by atoms with van der Waals surface area (Å²) in [5, 5.41) is 4.09. The monoisotopic (exact) mass is 1070 g/mol. The zero-order valence-corrected chi connectivity index (χ0v) is 43.7. The van der Waals surface area contributed by atoms with Gasteiger partial charge in [-0.3, -0.25) is 13.9 Å². The van der Waals surface area contributed by atoms with Crippen molar-refractivity contribution in [2.24, 2.45) is 0 Å². The summed E-state index contributed by atoms with van der Waals surface area (Å²) in [5.74, 6) is -2.03. The zero-order valence-electron chi connectivity index (χ0n) is 39.6. The van der Waals surface area contributed by atoms with Gasteiger partial charge in [0.2, 0.25) is 30.1 Å². The van der Waals surface area contributed by atoms with Crippen LogP contribution in [0.2, 0.25) is 0 Å². The van der Waals surface area contributed by atoms with Crippen LogP contribution >= 0.6 is 0 Å². The number of anilines is 1. The number of benzene rings is 4. The average Bonchev–Trinajstić information content (AvgIpc) is 3.26. The van der Waals surface area contributed by atoms with Gasteiger partial charge in [-0.2, -0.15) is 25.4 Å². The molecule has 4 aromatic carbocycles. The Hall–Kier alpha value is -3.26. The van der Waals surface area contributed by atoms with Gasteiger partial charge < -0.3 is 29.0 Å². The second kappa shape index (κ2) is 25.4. The van der Waals surface area contributed by atoms with Gasteiger partial charge in [0, 0.05) is 91.4 Å². The number of nitrogens with one attached hydrogen (secondary N) is 1. The average molecular weight is 1070 g/mol. The van der Waals surface area contributed by atoms with Crippen molar-refractivity contribution in [3.8, 4) is 0 Å². The number of hydrogen-bond donors (Lipinski definition) is 3. The lowest BCUT2D eigenvalue weighted by molar-refractivity contribution is -0.122. The van der Waals surface area contributed by atoms with E-state index in [0.29, 0.717) is 98.4 Å². The second-order valence-electron chi connectivity index (χ2n) is 16.3. The zero-order chi connectivity index (χ0) is 51.4. The highest BCUT2D eigenvalue weighted by molar-refractivity contribution is 7.90. The van der Waals surface area contributed by atoms with Crippen molar-refractivity contribution in [1.29, 1.82) is 0 Å². The van der Waals surface area contributed by atoms with Gasteiger partial charge in [-0.15, -0.1) is 0 Å². The Morgan fingerprint density at radius 2 is 0.928 bits per heavy atom. The number of carbonyl (C=O) groups excluding carboxylic acids is 1. The minimum Gasteiger partial charge on any atom is -0.382 e. The summed E-state index contributed by atoms with van der Waals surface area (Å²) in [6.07, 6.45) is 1.62. The Kier molecular flexibility index (Phi) is 21.5. The van der Waals surface area contributed by atoms with Gasteiger partial charge in [-0.1, -0.05) is 31.2 Å². The maximum atomic E-state index is 14.4. The fourth-order valence-corrected chi connectivity index (χ4v) is 12.8. The second-order valence-corrected chi connectivity index (χ2v) is 25.5. The normalized spacial score (nSPS) is 13.8. The van der Waals surface area contributed by atoms with Crippen molar-refractivity contribution < 1.29 is 79.7 Å². The molecule has 0 aliphatic carbocycles. The number of hydrogen-bond acceptors (Lipinski definition) is 17. The minimum absolute atomic E-state index is 0.0299. The molecule has 0 aromatic heterocycles. The molecular weight excluding hydrogens is 1010 g/mol. The Balaban J connectivity index is 1.66. The predicted octanol–water partition coefficient (Wildman–Crippen LogP) is 2.88. The van der Waals surface area contributed by atoms with E-state index in [1.54, 1.807) is 13.0 Å². The topological polar surface area (TPSA) is 296 Å². The molecule has 1 atom stereocenters. The molecule has 0 radical (unpaired) electrons. The number of nitrogens with zero attached hydrogens (tertiary/aromatic N) is 3. The lowest BCUT2D eigenvalue weighted by Gasteiger charge is -2.26. The molecule has 0 amide bonds. The standard InChI is InChI=1S/C42H64N4O18S5/c1-7-14-44(4)67(54,55)38-28-37(43-31(2)9-8-17-60-18-19-61-20-21-62-22-23-63-24-25-64-30-32(3)47)33-10-11-35-39(68(56,57)45(5)15-26-65(48,49)50)29-40(36-13-12-34(38)41(33)42(35)36)69(58,59)46(6)16-27-66(51,52)53/h10-13,28-29,31,43H,7-9,14-27,30H2,1-6H3,(H,48,49,50)(H,51,52,53). The van der Waals surface area contributed by atoms with Crippen LogP contribution in [-0.4, -0.2) is 194 Å². The summed E-state index contributed by atoms with van der Waals surface area (Å²) < 4.78 is 181. The molecule has 4 aromatic rings. The molecule has 0 aliphatic rings. The third-order valence-corrected chi connectivity index (χ3v) is 17.9. The van der Waals surface area contributed by atoms with Gasteiger partial charge in [0.15, 0.2) is 5.78 Å². The summed E-state index contributed by atoms with van der Waals surface area (Å²) in [5.41, 5.74) is 0.336. The van der Waals surface area contributed by atoms with Crippen LogP contribution in [0, 0.1) is 0 Å². The Morgan fingerprint density at radius 3 is 1.33 bits per heavy atom. The number of carbonyl (C=O) groups is 1. The quantitative estimate of drug-likeness (QED) is 0.0344. The van der Waals surface area contributed by atoms with Gasteiger partial charge >= 0.3 is 0 Å². The number of Topliss-reactive ketones (excluding diaryl/α,β-unsaturated/α-hetero) is 1. The van der Waals surface area contributed by atoms with E-state index in [9.17, 15) is 56.0 Å². The van der Waals surface area contributed by atoms with Gasteiger partial charge in [0.25, 0.3) is 20.2 Å². The van der Waals surface area contributed by atoms with Gasteiger partial charge in [0.1, 0.15) is 6.61 Å². The molecule has 22 nitrogen and oxygen atoms in total. The fourth-order valence-electron chi connectivity index (χ4n) is 7.25. The first-order chi connectivity index (χ1) is 32.2. The third kappa shape index (κ3) is 16.1. The first kappa shape index (κ1) is 58.3. The molecule has 0 fully saturated rings. The largest absolute Gasteiger partial charge is 0.382 e. The molecule has 4 rings (SSSR count). The maximum Gasteiger partial charge on any atom is 0.266 e. The number of ketones is 1. The highest BCUT2D eigenvalue weighted by Gasteiger charge is 2.34. The Bertz CT molecular complexity index is 2850. The van der Waals surface area contributed by atoms with Crippen molar-refractivity contribution >= 4 is 94.1 Å². The van der Waals surface area contributed by atoms with E-state index in [-0.39, 0.29) is 56.8 Å². The predicted molar refractivity (Wildman–Crippen MR) is 260 cm³/mol. The van der Waals surface area contributed by atoms with E-state index in [1.807, 2.05) is 6.92 Å². The molecule has 390 valence electrons. The lowest BCUT2D eigenvalue weighted by Crippen LogP contribution is -2.33. The van der Waals surface area contributed by atoms with Crippen molar-refractivity contribution in [2.45, 2.75) is 60.8 Å². The summed E-state index contributed by atoms with van der Waals surface area (Å²) in [6.45, 7) is 7.07. The maximum absolute atomic E-state index is 14.4. The summed E-state index contributed by atoms with van der Waals surface area (Å²) in [4.78, 5) is 9.50. The van der Waals surface area contributed by atoms with Crippen LogP contribution in [0.4, 0.5) is 5.69 Å². The van der Waals surface area contributed by atoms with Crippen LogP contribution in [0.15, 0.2) is 51.1 Å². The van der Waals surface area contributed by atoms with Crippen LogP contribution in [-0.2, 0) is 78.8 Å². The van der Waals surface area contributed by atoms with E-state index in [2.05, 4.69) is 5.32 Å². The molecule has 0 spiro atoms. The first-order valence-corrected chi connectivity index (χ1v) is 29.5. The molecule has 0 heterocycles. The molecule has 3 N–H and O–H groups in total. The first-order valence-electron chi connectivity index (χ1n) is 22.0. The SMILES string of the molecule is CCCN(C)S(=O)(=O)c1cc(NC(C)CCCOCCOCCOCCOCCOCC(C)=O)c2ccc3c(S(=O)(=O)N(C)CCS(=O)(=O)O)cc(S(=O)(=O)N(C)CCS(=O)(=O)O)c4ccc1c2c34. The summed E-state index contributed by atoms with van der Waals surface area (Å²) >= 11 is 0. The highest BCUT2D eigenvalue weighted by atomic mass is 32.2. The van der Waals surface area contributed by atoms with E-state index < -0.39 is 84.7 Å². The molecule has 1 unspecified atom stereocenters. The van der Waals surface area contributed by atoms with E-state index in [0.717, 1.165) is 20.2 Å². The van der Waals surface area contributed by atoms with Gasteiger partial charge in [-0.05, 0) is 45.2 Å². The van der Waals surface area contributed by atoms with E-state index in [1.165, 1.54) is 42.5 Å². The molecule has 0 saturated carbocycles. The van der Waals surface area contributed by atoms with Crippen LogP contribution in [0.3, 0.4) is 0 Å². The van der Waals surface area contributed by atoms with Crippen molar-refractivity contribution in [2.75, 3.05) is 124 Å². The Labute approximate surface area is 405 Å². The molecule has 0 bridgehead atoms. The van der Waals surface area contributed by atoms with Crippen LogP contribution in [0.5, 0.6) is 0 Å². The highest BCUT2D eigenvalue weighted by Crippen LogP contribution is 2.46. The molecular formula is C42H64N4O18S5. The summed E-state index contributed by atoms with van der Waals surface area (Å²) in [6, 6.07) is 7.85. The number of sulfonamides is 3. The lowest BCUT2D eigenvalue weighted by atomic mass is 9.93. The molecule has 27 heteroatoms. The van der Waals surface area contributed by atoms with Gasteiger partial charge in [0.05, 0.1) is 79.0 Å². The summed E-state index contributed by atoms with van der Waals surface area (Å²) in [7, 11) is -19.6. The van der Waals surface area contributed by atoms with Gasteiger partial charge in [-0.25, -0.2) is 29.6 Å². The molecule has 69 heavy (non-hydrogen) atoms. The fraction of sp³-hybridized carbons (Fsp3) is 0.595. The molecule has 0 saturated heterocycles. The van der Waals surface area contributed by atoms with Crippen LogP contribution in [0.25, 0.3) is 32.3 Å². The van der Waals surface area contributed by atoms with Crippen molar-refractivity contribution in [1.82, 2.24) is 12.9 Å². The van der Waals surface area contributed by atoms with E-state index >= 15 is 0 Å². The number of rotatable bonds is 34. The Morgan fingerprint density at radius 1 is 0.565 bits per heavy atom. The smallest absolute Gasteiger partial charge is 0.266 e. The van der Waals surface area contributed by atoms with Crippen molar-refractivity contribution in [3.63, 3.8) is 0 Å². The van der Waals surface area contributed by atoms with Crippen LogP contribution < -0.4 is 5.32 Å². The third-order valence-electron chi connectivity index (χ3n) is 10.8. The van der Waals surface area contributed by atoms with Crippen molar-refractivity contribution in [3.05, 3.63) is 36.4 Å².